The Morgan fingerprint density at radius 2 is 2.05 bits per heavy atom. The zero-order chi connectivity index (χ0) is 14.5. The zero-order valence-corrected chi connectivity index (χ0v) is 11.4. The van der Waals surface area contributed by atoms with Crippen molar-refractivity contribution in [3.05, 3.63) is 41.1 Å². The van der Waals surface area contributed by atoms with Crippen LogP contribution in [0.25, 0.3) is 0 Å². The van der Waals surface area contributed by atoms with Gasteiger partial charge in [-0.25, -0.2) is 17.9 Å². The van der Waals surface area contributed by atoms with Crippen molar-refractivity contribution >= 4 is 27.7 Å². The molecule has 1 rings (SSSR count). The molecule has 0 aliphatic heterocycles. The van der Waals surface area contributed by atoms with Crippen molar-refractivity contribution in [1.82, 2.24) is 10.0 Å². The Morgan fingerprint density at radius 1 is 1.42 bits per heavy atom. The summed E-state index contributed by atoms with van der Waals surface area (Å²) in [6.45, 7) is 1.45. The van der Waals surface area contributed by atoms with E-state index in [1.807, 2.05) is 0 Å². The molecule has 0 radical (unpaired) electrons. The Bertz CT molecular complexity index is 662. The number of allylic oxidation sites excluding steroid dienone is 2. The van der Waals surface area contributed by atoms with Crippen LogP contribution in [-0.2, 0) is 10.0 Å². The second-order valence-electron chi connectivity index (χ2n) is 3.45. The second kappa shape index (κ2) is 6.22. The lowest BCUT2D eigenvalue weighted by Gasteiger charge is -2.09. The number of benzene rings is 1. The predicted octanol–water partition coefficient (Wildman–Crippen LogP) is 1.76. The number of nitrogens with one attached hydrogen (secondary N) is 2. The van der Waals surface area contributed by atoms with Gasteiger partial charge in [0.1, 0.15) is 4.90 Å². The molecule has 0 aliphatic rings. The summed E-state index contributed by atoms with van der Waals surface area (Å²) in [5.74, 6) is 0. The van der Waals surface area contributed by atoms with Gasteiger partial charge in [0, 0.05) is 11.8 Å². The van der Waals surface area contributed by atoms with Crippen LogP contribution in [0.4, 0.5) is 4.79 Å². The zero-order valence-electron chi connectivity index (χ0n) is 9.84. The Hall–Kier alpha value is -2.04. The quantitative estimate of drug-likeness (QED) is 0.831. The van der Waals surface area contributed by atoms with Crippen LogP contribution >= 0.6 is 11.6 Å². The molecule has 0 bridgehead atoms. The summed E-state index contributed by atoms with van der Waals surface area (Å²) in [6, 6.07) is 6.46. The minimum atomic E-state index is -4.05. The number of sulfonamides is 1. The summed E-state index contributed by atoms with van der Waals surface area (Å²) in [4.78, 5) is 11.2. The average molecular weight is 300 g/mol. The summed E-state index contributed by atoms with van der Waals surface area (Å²) < 4.78 is 25.5. The monoisotopic (exact) mass is 299 g/mol. The fraction of sp³-hybridized carbons (Fsp3) is 0.0909. The second-order valence-corrected chi connectivity index (χ2v) is 5.50. The van der Waals surface area contributed by atoms with Crippen molar-refractivity contribution in [3.63, 3.8) is 0 Å². The van der Waals surface area contributed by atoms with Crippen molar-refractivity contribution in [1.29, 1.82) is 5.26 Å². The molecule has 100 valence electrons. The van der Waals surface area contributed by atoms with Crippen molar-refractivity contribution in [2.75, 3.05) is 0 Å². The lowest BCUT2D eigenvalue weighted by Crippen LogP contribution is -2.38. The number of amides is 2. The van der Waals surface area contributed by atoms with E-state index in [2.05, 4.69) is 5.32 Å². The number of halogens is 1. The molecule has 0 saturated heterocycles. The minimum Gasteiger partial charge on any atom is -0.311 e. The lowest BCUT2D eigenvalue weighted by molar-refractivity contribution is 0.248. The molecule has 1 aromatic carbocycles. The summed E-state index contributed by atoms with van der Waals surface area (Å²) in [7, 11) is -4.05. The van der Waals surface area contributed by atoms with Crippen molar-refractivity contribution in [3.8, 4) is 6.07 Å². The van der Waals surface area contributed by atoms with Crippen LogP contribution in [0.1, 0.15) is 6.92 Å². The van der Waals surface area contributed by atoms with Gasteiger partial charge in [-0.1, -0.05) is 23.7 Å². The SMILES string of the molecule is C/C(=C\C#N)NC(=O)NS(=O)(=O)c1ccccc1Cl. The van der Waals surface area contributed by atoms with Gasteiger partial charge in [-0.3, -0.25) is 0 Å². The van der Waals surface area contributed by atoms with Gasteiger partial charge in [0.25, 0.3) is 10.0 Å². The lowest BCUT2D eigenvalue weighted by atomic mass is 10.4. The molecule has 0 heterocycles. The molecule has 0 unspecified atom stereocenters. The first-order chi connectivity index (χ1) is 8.86. The summed E-state index contributed by atoms with van der Waals surface area (Å²) in [6.07, 6.45) is 1.07. The molecule has 0 atom stereocenters. The fourth-order valence-corrected chi connectivity index (χ4v) is 2.61. The highest BCUT2D eigenvalue weighted by atomic mass is 35.5. The van der Waals surface area contributed by atoms with Crippen LogP contribution in [0.3, 0.4) is 0 Å². The Morgan fingerprint density at radius 3 is 2.63 bits per heavy atom. The Labute approximate surface area is 115 Å². The fourth-order valence-electron chi connectivity index (χ4n) is 1.18. The molecule has 0 aliphatic carbocycles. The highest BCUT2D eigenvalue weighted by molar-refractivity contribution is 7.90. The third-order valence-electron chi connectivity index (χ3n) is 1.94. The molecule has 1 aromatic rings. The van der Waals surface area contributed by atoms with Gasteiger partial charge in [0.2, 0.25) is 0 Å². The van der Waals surface area contributed by atoms with E-state index in [0.717, 1.165) is 6.08 Å². The van der Waals surface area contributed by atoms with Gasteiger partial charge in [0.15, 0.2) is 0 Å². The molecule has 19 heavy (non-hydrogen) atoms. The first kappa shape index (κ1) is 15.0. The maximum absolute atomic E-state index is 11.9. The number of carbonyl (C=O) groups excluding carboxylic acids is 1. The van der Waals surface area contributed by atoms with E-state index >= 15 is 0 Å². The van der Waals surface area contributed by atoms with Crippen LogP contribution in [0.2, 0.25) is 5.02 Å². The highest BCUT2D eigenvalue weighted by Crippen LogP contribution is 2.19. The van der Waals surface area contributed by atoms with Crippen LogP contribution in [0.15, 0.2) is 40.9 Å². The van der Waals surface area contributed by atoms with E-state index in [0.29, 0.717) is 0 Å². The van der Waals surface area contributed by atoms with Gasteiger partial charge in [-0.2, -0.15) is 5.26 Å². The topological polar surface area (TPSA) is 99.1 Å². The van der Waals surface area contributed by atoms with Crippen molar-refractivity contribution in [2.45, 2.75) is 11.8 Å². The highest BCUT2D eigenvalue weighted by Gasteiger charge is 2.20. The van der Waals surface area contributed by atoms with E-state index in [1.165, 1.54) is 25.1 Å². The summed E-state index contributed by atoms with van der Waals surface area (Å²) in [5, 5.41) is 10.6. The molecule has 0 fully saturated rings. The largest absolute Gasteiger partial charge is 0.332 e. The van der Waals surface area contributed by atoms with Crippen molar-refractivity contribution < 1.29 is 13.2 Å². The summed E-state index contributed by atoms with van der Waals surface area (Å²) >= 11 is 5.74. The van der Waals surface area contributed by atoms with Crippen LogP contribution < -0.4 is 10.0 Å². The Kier molecular flexibility index (Phi) is 4.92. The molecule has 2 N–H and O–H groups in total. The van der Waals surface area contributed by atoms with E-state index in [4.69, 9.17) is 16.9 Å². The van der Waals surface area contributed by atoms with Crippen LogP contribution in [0.5, 0.6) is 0 Å². The maximum atomic E-state index is 11.9. The first-order valence-electron chi connectivity index (χ1n) is 5.01. The normalized spacial score (nSPS) is 11.5. The molecule has 2 amide bonds. The molecule has 0 spiro atoms. The molecule has 8 heteroatoms. The standard InChI is InChI=1S/C11H10ClN3O3S/c1-8(6-7-13)14-11(16)15-19(17,18)10-5-3-2-4-9(10)12/h2-6H,1H3,(H2,14,15,16)/b8-6+. The smallest absolute Gasteiger partial charge is 0.311 e. The third-order valence-corrected chi connectivity index (χ3v) is 3.78. The van der Waals surface area contributed by atoms with E-state index < -0.39 is 16.1 Å². The Balaban J connectivity index is 2.88. The summed E-state index contributed by atoms with van der Waals surface area (Å²) in [5.41, 5.74) is 0.217. The van der Waals surface area contributed by atoms with E-state index in [-0.39, 0.29) is 15.6 Å². The third kappa shape index (κ3) is 4.28. The molecule has 0 aromatic heterocycles. The molecular formula is C11H10ClN3O3S. The van der Waals surface area contributed by atoms with Gasteiger partial charge < -0.3 is 5.32 Å². The van der Waals surface area contributed by atoms with Crippen LogP contribution in [-0.4, -0.2) is 14.4 Å². The number of hydrogen-bond donors (Lipinski definition) is 2. The van der Waals surface area contributed by atoms with Gasteiger partial charge >= 0.3 is 6.03 Å². The van der Waals surface area contributed by atoms with E-state index in [1.54, 1.807) is 16.9 Å². The molecular weight excluding hydrogens is 290 g/mol. The number of carbonyl (C=O) groups is 1. The number of rotatable bonds is 3. The van der Waals surface area contributed by atoms with Gasteiger partial charge in [0.05, 0.1) is 11.1 Å². The van der Waals surface area contributed by atoms with E-state index in [9.17, 15) is 13.2 Å². The first-order valence-corrected chi connectivity index (χ1v) is 6.87. The van der Waals surface area contributed by atoms with Crippen LogP contribution in [0, 0.1) is 11.3 Å². The maximum Gasteiger partial charge on any atom is 0.332 e. The number of urea groups is 1. The number of nitrogens with zero attached hydrogens (tertiary/aromatic N) is 1. The predicted molar refractivity (Wildman–Crippen MR) is 69.7 cm³/mol. The molecule has 0 saturated carbocycles. The minimum absolute atomic E-state index is 0.00656. The number of nitriles is 1. The van der Waals surface area contributed by atoms with Crippen molar-refractivity contribution in [2.24, 2.45) is 0 Å². The number of hydrogen-bond acceptors (Lipinski definition) is 4. The molecule has 6 nitrogen and oxygen atoms in total. The van der Waals surface area contributed by atoms with Gasteiger partial charge in [-0.05, 0) is 19.1 Å². The van der Waals surface area contributed by atoms with Gasteiger partial charge in [-0.15, -0.1) is 0 Å². The average Bonchev–Trinajstić information content (AvgIpc) is 2.28.